The van der Waals surface area contributed by atoms with E-state index in [4.69, 9.17) is 5.11 Å². The number of carbonyl (C=O) groups is 2. The van der Waals surface area contributed by atoms with Gasteiger partial charge >= 0.3 is 6.03 Å². The topological polar surface area (TPSA) is 81.7 Å². The predicted molar refractivity (Wildman–Crippen MR) is 89.3 cm³/mol. The number of anilines is 2. The van der Waals surface area contributed by atoms with Crippen LogP contribution in [0.25, 0.3) is 0 Å². The van der Waals surface area contributed by atoms with Crippen LogP contribution in [0.4, 0.5) is 16.2 Å². The third-order valence-corrected chi connectivity index (χ3v) is 4.48. The van der Waals surface area contributed by atoms with E-state index in [2.05, 4.69) is 10.6 Å². The van der Waals surface area contributed by atoms with Crippen LogP contribution in [0.1, 0.15) is 13.3 Å². The largest absolute Gasteiger partial charge is 0.396 e. The van der Waals surface area contributed by atoms with E-state index >= 15 is 0 Å². The van der Waals surface area contributed by atoms with E-state index in [1.54, 1.807) is 40.9 Å². The summed E-state index contributed by atoms with van der Waals surface area (Å²) in [5.41, 5.74) is 1.28. The first-order valence-corrected chi connectivity index (χ1v) is 8.39. The van der Waals surface area contributed by atoms with Crippen LogP contribution in [0, 0.1) is 0 Å². The SMILES string of the molecule is CC(=O)Nc1cccc(NC(=O)N2CCSCC2CCO)c1. The van der Waals surface area contributed by atoms with Gasteiger partial charge in [-0.3, -0.25) is 4.79 Å². The molecule has 3 N–H and O–H groups in total. The van der Waals surface area contributed by atoms with Gasteiger partial charge in [-0.05, 0) is 24.6 Å². The minimum atomic E-state index is -0.168. The minimum Gasteiger partial charge on any atom is -0.396 e. The quantitative estimate of drug-likeness (QED) is 0.791. The van der Waals surface area contributed by atoms with Crippen molar-refractivity contribution in [3.63, 3.8) is 0 Å². The van der Waals surface area contributed by atoms with Crippen LogP contribution in [0.15, 0.2) is 24.3 Å². The van der Waals surface area contributed by atoms with Crippen LogP contribution in [0.3, 0.4) is 0 Å². The third-order valence-electron chi connectivity index (χ3n) is 3.38. The number of urea groups is 1. The van der Waals surface area contributed by atoms with Crippen LogP contribution in [-0.2, 0) is 4.79 Å². The lowest BCUT2D eigenvalue weighted by Crippen LogP contribution is -2.48. The van der Waals surface area contributed by atoms with Crippen LogP contribution in [0.2, 0.25) is 0 Å². The number of amides is 3. The molecular formula is C15H21N3O3S. The standard InChI is InChI=1S/C15H21N3O3S/c1-11(20)16-12-3-2-4-13(9-12)17-15(21)18-6-8-22-10-14(18)5-7-19/h2-4,9,14,19H,5-8,10H2,1H3,(H,16,20)(H,17,21). The molecule has 1 aromatic rings. The van der Waals surface area contributed by atoms with Crippen molar-refractivity contribution in [1.82, 2.24) is 4.90 Å². The van der Waals surface area contributed by atoms with Crippen molar-refractivity contribution in [3.8, 4) is 0 Å². The van der Waals surface area contributed by atoms with Gasteiger partial charge < -0.3 is 20.6 Å². The molecule has 3 amide bonds. The van der Waals surface area contributed by atoms with E-state index in [-0.39, 0.29) is 24.6 Å². The minimum absolute atomic E-state index is 0.0577. The molecule has 1 aliphatic heterocycles. The second-order valence-corrected chi connectivity index (χ2v) is 6.28. The lowest BCUT2D eigenvalue weighted by atomic mass is 10.2. The van der Waals surface area contributed by atoms with Gasteiger partial charge in [0, 0.05) is 49.0 Å². The Labute approximate surface area is 134 Å². The highest BCUT2D eigenvalue weighted by molar-refractivity contribution is 7.99. The van der Waals surface area contributed by atoms with E-state index in [1.807, 2.05) is 0 Å². The molecule has 1 aromatic carbocycles. The van der Waals surface area contributed by atoms with Gasteiger partial charge in [0.2, 0.25) is 5.91 Å². The van der Waals surface area contributed by atoms with Crippen molar-refractivity contribution in [2.45, 2.75) is 19.4 Å². The Morgan fingerprint density at radius 2 is 2.09 bits per heavy atom. The molecule has 0 radical (unpaired) electrons. The summed E-state index contributed by atoms with van der Waals surface area (Å²) >= 11 is 1.80. The van der Waals surface area contributed by atoms with Gasteiger partial charge in [-0.2, -0.15) is 11.8 Å². The van der Waals surface area contributed by atoms with Gasteiger partial charge in [0.15, 0.2) is 0 Å². The second kappa shape index (κ2) is 8.05. The van der Waals surface area contributed by atoms with Crippen molar-refractivity contribution in [2.24, 2.45) is 0 Å². The van der Waals surface area contributed by atoms with E-state index in [0.29, 0.717) is 24.3 Å². The number of aliphatic hydroxyl groups excluding tert-OH is 1. The summed E-state index contributed by atoms with van der Waals surface area (Å²) in [6.07, 6.45) is 0.590. The van der Waals surface area contributed by atoms with Crippen molar-refractivity contribution >= 4 is 35.1 Å². The zero-order valence-electron chi connectivity index (χ0n) is 12.5. The molecule has 0 aliphatic carbocycles. The van der Waals surface area contributed by atoms with E-state index in [0.717, 1.165) is 11.5 Å². The van der Waals surface area contributed by atoms with Gasteiger partial charge in [-0.1, -0.05) is 6.07 Å². The van der Waals surface area contributed by atoms with Gasteiger partial charge in [-0.25, -0.2) is 4.79 Å². The third kappa shape index (κ3) is 4.64. The molecule has 0 bridgehead atoms. The summed E-state index contributed by atoms with van der Waals surface area (Å²) in [6, 6.07) is 6.93. The molecule has 120 valence electrons. The molecule has 1 saturated heterocycles. The van der Waals surface area contributed by atoms with Crippen LogP contribution in [0.5, 0.6) is 0 Å². The van der Waals surface area contributed by atoms with E-state index in [1.165, 1.54) is 6.92 Å². The molecule has 1 heterocycles. The number of nitrogens with zero attached hydrogens (tertiary/aromatic N) is 1. The highest BCUT2D eigenvalue weighted by atomic mass is 32.2. The second-order valence-electron chi connectivity index (χ2n) is 5.13. The zero-order valence-corrected chi connectivity index (χ0v) is 13.4. The monoisotopic (exact) mass is 323 g/mol. The molecular weight excluding hydrogens is 302 g/mol. The number of hydrogen-bond donors (Lipinski definition) is 3. The summed E-state index contributed by atoms with van der Waals surface area (Å²) in [4.78, 5) is 25.3. The summed E-state index contributed by atoms with van der Waals surface area (Å²) in [5, 5.41) is 14.7. The van der Waals surface area contributed by atoms with E-state index in [9.17, 15) is 9.59 Å². The Morgan fingerprint density at radius 1 is 1.36 bits per heavy atom. The molecule has 1 fully saturated rings. The fourth-order valence-electron chi connectivity index (χ4n) is 2.38. The molecule has 1 atom stereocenters. The van der Waals surface area contributed by atoms with Gasteiger partial charge in [0.05, 0.1) is 0 Å². The maximum atomic E-state index is 12.4. The highest BCUT2D eigenvalue weighted by Crippen LogP contribution is 2.21. The molecule has 2 rings (SSSR count). The van der Waals surface area contributed by atoms with Crippen molar-refractivity contribution in [2.75, 3.05) is 35.3 Å². The molecule has 7 heteroatoms. The number of benzene rings is 1. The fraction of sp³-hybridized carbons (Fsp3) is 0.467. The fourth-order valence-corrected chi connectivity index (χ4v) is 3.49. The van der Waals surface area contributed by atoms with E-state index < -0.39 is 0 Å². The number of nitrogens with one attached hydrogen (secondary N) is 2. The van der Waals surface area contributed by atoms with Crippen LogP contribution < -0.4 is 10.6 Å². The normalized spacial score (nSPS) is 17.9. The Kier molecular flexibility index (Phi) is 6.09. The number of carbonyl (C=O) groups excluding carboxylic acids is 2. The first kappa shape index (κ1) is 16.6. The lowest BCUT2D eigenvalue weighted by Gasteiger charge is -2.35. The maximum Gasteiger partial charge on any atom is 0.322 e. The van der Waals surface area contributed by atoms with Crippen molar-refractivity contribution < 1.29 is 14.7 Å². The molecule has 22 heavy (non-hydrogen) atoms. The number of aliphatic hydroxyl groups is 1. The lowest BCUT2D eigenvalue weighted by molar-refractivity contribution is -0.114. The Morgan fingerprint density at radius 3 is 2.77 bits per heavy atom. The average Bonchev–Trinajstić information content (AvgIpc) is 2.47. The summed E-state index contributed by atoms with van der Waals surface area (Å²) in [5.74, 6) is 1.60. The van der Waals surface area contributed by atoms with Crippen molar-refractivity contribution in [3.05, 3.63) is 24.3 Å². The Bertz CT molecular complexity index is 537. The molecule has 6 nitrogen and oxygen atoms in total. The number of rotatable bonds is 4. The van der Waals surface area contributed by atoms with Crippen LogP contribution in [-0.4, -0.2) is 52.6 Å². The van der Waals surface area contributed by atoms with Crippen molar-refractivity contribution in [1.29, 1.82) is 0 Å². The molecule has 1 unspecified atom stereocenters. The van der Waals surface area contributed by atoms with Gasteiger partial charge in [-0.15, -0.1) is 0 Å². The first-order valence-electron chi connectivity index (χ1n) is 7.24. The zero-order chi connectivity index (χ0) is 15.9. The van der Waals surface area contributed by atoms with Gasteiger partial charge in [0.1, 0.15) is 0 Å². The summed E-state index contributed by atoms with van der Waals surface area (Å²) < 4.78 is 0. The number of thioether (sulfide) groups is 1. The average molecular weight is 323 g/mol. The molecule has 0 spiro atoms. The maximum absolute atomic E-state index is 12.4. The smallest absolute Gasteiger partial charge is 0.322 e. The van der Waals surface area contributed by atoms with Gasteiger partial charge in [0.25, 0.3) is 0 Å². The molecule has 0 saturated carbocycles. The Balaban J connectivity index is 2.02. The molecule has 0 aromatic heterocycles. The highest BCUT2D eigenvalue weighted by Gasteiger charge is 2.26. The predicted octanol–water partition coefficient (Wildman–Crippen LogP) is 1.98. The summed E-state index contributed by atoms with van der Waals surface area (Å²) in [7, 11) is 0. The number of hydrogen-bond acceptors (Lipinski definition) is 4. The summed E-state index contributed by atoms with van der Waals surface area (Å²) in [6.45, 7) is 2.19. The molecule has 1 aliphatic rings. The first-order chi connectivity index (χ1) is 10.6. The van der Waals surface area contributed by atoms with Crippen LogP contribution >= 0.6 is 11.8 Å². The Hall–Kier alpha value is -1.73.